The van der Waals surface area contributed by atoms with Gasteiger partial charge < -0.3 is 25.2 Å². The fraction of sp³-hybridized carbons (Fsp3) is 0.457. The number of rotatable bonds is 10. The van der Waals surface area contributed by atoms with Gasteiger partial charge in [-0.15, -0.1) is 0 Å². The number of fused-ring (bicyclic) bond motifs is 1. The molecule has 6 heterocycles. The van der Waals surface area contributed by atoms with Crippen LogP contribution in [0.4, 0.5) is 21.8 Å². The second kappa shape index (κ2) is 16.3. The van der Waals surface area contributed by atoms with Crippen molar-refractivity contribution in [1.82, 2.24) is 44.6 Å². The van der Waals surface area contributed by atoms with Crippen molar-refractivity contribution in [3.63, 3.8) is 0 Å². The number of halogens is 2. The molecule has 4 aliphatic rings. The molecule has 2 saturated heterocycles. The van der Waals surface area contributed by atoms with Crippen molar-refractivity contribution in [2.45, 2.75) is 84.7 Å². The Balaban J connectivity index is 0.791. The van der Waals surface area contributed by atoms with E-state index in [2.05, 4.69) is 73.9 Å². The third-order valence-electron chi connectivity index (χ3n) is 13.6. The number of nitrogens with zero attached hydrogens (tertiary/aromatic N) is 10. The number of likely N-dealkylation sites (tertiary alicyclic amines) is 1. The van der Waals surface area contributed by atoms with Gasteiger partial charge in [0.05, 0.1) is 40.6 Å². The number of anilines is 3. The van der Waals surface area contributed by atoms with Crippen LogP contribution in [0.1, 0.15) is 80.7 Å². The Morgan fingerprint density at radius 3 is 2.33 bits per heavy atom. The lowest BCUT2D eigenvalue weighted by Crippen LogP contribution is -2.74. The van der Waals surface area contributed by atoms with Gasteiger partial charge in [0.15, 0.2) is 5.82 Å². The summed E-state index contributed by atoms with van der Waals surface area (Å²) in [7, 11) is 1.83. The fourth-order valence-electron chi connectivity index (χ4n) is 10.4. The van der Waals surface area contributed by atoms with Crippen LogP contribution in [0.3, 0.4) is 0 Å². The van der Waals surface area contributed by atoms with E-state index in [-0.39, 0.29) is 30.0 Å². The summed E-state index contributed by atoms with van der Waals surface area (Å²) >= 11 is 6.26. The number of nitriles is 1. The minimum atomic E-state index is -0.396. The smallest absolute Gasteiger partial charge is 0.254 e. The number of nitrogens with one attached hydrogen (secondary N) is 2. The number of hydrogen-bond donors (Lipinski definition) is 2. The zero-order chi connectivity index (χ0) is 44.4. The average Bonchev–Trinajstić information content (AvgIpc) is 3.85. The quantitative estimate of drug-likeness (QED) is 0.157. The molecule has 3 fully saturated rings. The van der Waals surface area contributed by atoms with Crippen LogP contribution in [0.5, 0.6) is 5.75 Å². The Kier molecular flexibility index (Phi) is 10.9. The molecule has 2 amide bonds. The molecular formula is C46H52ClFN12O3. The summed E-state index contributed by atoms with van der Waals surface area (Å²) in [5.74, 6) is 1.15. The Morgan fingerprint density at radius 2 is 1.70 bits per heavy atom. The molecule has 5 aromatic rings. The number of amides is 2. The van der Waals surface area contributed by atoms with Gasteiger partial charge in [-0.1, -0.05) is 45.4 Å². The Bertz CT molecular complexity index is 2590. The van der Waals surface area contributed by atoms with E-state index in [4.69, 9.17) is 21.4 Å². The lowest BCUT2D eigenvalue weighted by Gasteiger charge is -2.63. The summed E-state index contributed by atoms with van der Waals surface area (Å²) in [4.78, 5) is 41.7. The number of aromatic nitrogens is 6. The lowest BCUT2D eigenvalue weighted by atomic mass is 9.49. The highest BCUT2D eigenvalue weighted by Gasteiger charge is 2.64. The molecule has 328 valence electrons. The molecule has 2 N–H and O–H groups in total. The Hall–Kier alpha value is -6.05. The first-order valence-electron chi connectivity index (χ1n) is 21.5. The summed E-state index contributed by atoms with van der Waals surface area (Å²) in [5, 5.41) is 25.3. The molecule has 1 aliphatic carbocycles. The molecule has 3 aliphatic heterocycles. The summed E-state index contributed by atoms with van der Waals surface area (Å²) in [6.07, 6.45) is 9.14. The first-order chi connectivity index (χ1) is 30.1. The fourth-order valence-corrected chi connectivity index (χ4v) is 10.6. The third-order valence-corrected chi connectivity index (χ3v) is 13.9. The monoisotopic (exact) mass is 874 g/mol. The minimum Gasteiger partial charge on any atom is -0.489 e. The molecule has 17 heteroatoms. The summed E-state index contributed by atoms with van der Waals surface area (Å²) < 4.78 is 25.7. The van der Waals surface area contributed by atoms with Crippen LogP contribution in [0.25, 0.3) is 11.1 Å². The van der Waals surface area contributed by atoms with Crippen LogP contribution in [0.15, 0.2) is 61.2 Å². The SMILES string of the molecule is CC(=O)N1CCc2c(c(Nc3ccc(-c4cnn(C)c4)cc3F)nn2C2CN(C3CCN(c4ncc(C(=O)NC5C(C)(C)C(Oc6ccc(C#N)c(Cl)c6)C5(C)C)cn4)CC3)C2)C1. The molecule has 0 atom stereocenters. The maximum Gasteiger partial charge on any atom is 0.254 e. The molecule has 63 heavy (non-hydrogen) atoms. The highest BCUT2D eigenvalue weighted by atomic mass is 35.5. The van der Waals surface area contributed by atoms with Crippen molar-refractivity contribution in [1.29, 1.82) is 5.26 Å². The first-order valence-corrected chi connectivity index (χ1v) is 21.9. The van der Waals surface area contributed by atoms with Crippen molar-refractivity contribution in [3.8, 4) is 22.9 Å². The van der Waals surface area contributed by atoms with Crippen molar-refractivity contribution >= 4 is 40.9 Å². The van der Waals surface area contributed by atoms with Crippen LogP contribution in [-0.2, 0) is 24.8 Å². The summed E-state index contributed by atoms with van der Waals surface area (Å²) in [5.41, 5.74) is 3.92. The van der Waals surface area contributed by atoms with Gasteiger partial charge in [0, 0.05) is 118 Å². The largest absolute Gasteiger partial charge is 0.489 e. The Morgan fingerprint density at radius 1 is 0.968 bits per heavy atom. The number of aryl methyl sites for hydroxylation is 1. The summed E-state index contributed by atoms with van der Waals surface area (Å²) in [6.45, 7) is 14.2. The Labute approximate surface area is 371 Å². The lowest BCUT2D eigenvalue weighted by molar-refractivity contribution is -0.164. The van der Waals surface area contributed by atoms with Crippen LogP contribution < -0.4 is 20.3 Å². The van der Waals surface area contributed by atoms with Gasteiger partial charge in [0.1, 0.15) is 23.7 Å². The van der Waals surface area contributed by atoms with Crippen molar-refractivity contribution in [2.75, 3.05) is 42.9 Å². The molecule has 0 bridgehead atoms. The molecule has 0 spiro atoms. The van der Waals surface area contributed by atoms with E-state index >= 15 is 4.39 Å². The second-order valence-electron chi connectivity index (χ2n) is 18.5. The van der Waals surface area contributed by atoms with Crippen LogP contribution in [0, 0.1) is 28.0 Å². The van der Waals surface area contributed by atoms with Gasteiger partial charge in [0.25, 0.3) is 5.91 Å². The standard InChI is InChI=1S/C46H52ClFN12O3/c1-27(61)58-16-13-39-35(26-58)40(53-38-10-8-28(17-37(38)48)31-22-52-56(6)23-31)55-60(39)33-24-59(25-33)32-11-14-57(15-12-32)44-50-20-30(21-51-44)41(62)54-42-45(2,3)43(46(42,4)5)63-34-9-7-29(19-49)36(47)18-34/h7-10,17-18,20-23,32-33,42-43H,11-16,24-26H2,1-6H3,(H,53,55)(H,54,62). The maximum absolute atomic E-state index is 15.5. The molecule has 0 unspecified atom stereocenters. The first kappa shape index (κ1) is 42.3. The number of benzene rings is 2. The van der Waals surface area contributed by atoms with Crippen LogP contribution in [0.2, 0.25) is 5.02 Å². The van der Waals surface area contributed by atoms with E-state index in [9.17, 15) is 14.9 Å². The minimum absolute atomic E-state index is 0.00571. The van der Waals surface area contributed by atoms with Crippen molar-refractivity contribution < 1.29 is 18.7 Å². The zero-order valence-electron chi connectivity index (χ0n) is 36.4. The zero-order valence-corrected chi connectivity index (χ0v) is 37.2. The third kappa shape index (κ3) is 7.86. The predicted octanol–water partition coefficient (Wildman–Crippen LogP) is 6.52. The predicted molar refractivity (Wildman–Crippen MR) is 236 cm³/mol. The number of carbonyl (C=O) groups is 2. The van der Waals surface area contributed by atoms with E-state index < -0.39 is 16.6 Å². The van der Waals surface area contributed by atoms with Gasteiger partial charge in [-0.25, -0.2) is 14.4 Å². The topological polar surface area (TPSA) is 162 Å². The molecule has 9 rings (SSSR count). The van der Waals surface area contributed by atoms with Gasteiger partial charge in [-0.05, 0) is 42.7 Å². The second-order valence-corrected chi connectivity index (χ2v) is 18.9. The maximum atomic E-state index is 15.5. The summed E-state index contributed by atoms with van der Waals surface area (Å²) in [6, 6.07) is 12.6. The van der Waals surface area contributed by atoms with E-state index in [1.54, 1.807) is 54.5 Å². The molecule has 1 saturated carbocycles. The molecule has 15 nitrogen and oxygen atoms in total. The van der Waals surface area contributed by atoms with Crippen molar-refractivity contribution in [3.05, 3.63) is 94.4 Å². The van der Waals surface area contributed by atoms with Crippen LogP contribution >= 0.6 is 11.6 Å². The van der Waals surface area contributed by atoms with Gasteiger partial charge in [-0.3, -0.25) is 23.9 Å². The van der Waals surface area contributed by atoms with Crippen LogP contribution in [-0.4, -0.2) is 102 Å². The van der Waals surface area contributed by atoms with Gasteiger partial charge in [-0.2, -0.15) is 15.5 Å². The number of carbonyl (C=O) groups excluding carboxylic acids is 2. The average molecular weight is 875 g/mol. The highest BCUT2D eigenvalue weighted by molar-refractivity contribution is 6.31. The normalized spacial score (nSPS) is 20.9. The molecule has 3 aromatic heterocycles. The molecule has 2 aromatic carbocycles. The number of ether oxygens (including phenoxy) is 1. The highest BCUT2D eigenvalue weighted by Crippen LogP contribution is 2.55. The van der Waals surface area contributed by atoms with E-state index in [0.717, 1.165) is 61.4 Å². The van der Waals surface area contributed by atoms with Gasteiger partial charge in [0.2, 0.25) is 11.9 Å². The van der Waals surface area contributed by atoms with E-state index in [1.807, 2.05) is 24.2 Å². The van der Waals surface area contributed by atoms with E-state index in [0.29, 0.717) is 64.9 Å². The van der Waals surface area contributed by atoms with Gasteiger partial charge >= 0.3 is 0 Å². The van der Waals surface area contributed by atoms with E-state index in [1.165, 1.54) is 6.07 Å². The number of hydrogen-bond acceptors (Lipinski definition) is 11. The molecule has 0 radical (unpaired) electrons. The van der Waals surface area contributed by atoms with Crippen molar-refractivity contribution in [2.24, 2.45) is 17.9 Å². The molecular weight excluding hydrogens is 823 g/mol. The number of piperidine rings is 1.